The third-order valence-corrected chi connectivity index (χ3v) is 4.67. The molecule has 1 amide bonds. The summed E-state index contributed by atoms with van der Waals surface area (Å²) in [5, 5.41) is 10.8. The summed E-state index contributed by atoms with van der Waals surface area (Å²) in [6.45, 7) is 1.78. The van der Waals surface area contributed by atoms with Crippen LogP contribution in [-0.2, 0) is 4.79 Å². The van der Waals surface area contributed by atoms with Crippen LogP contribution in [0.25, 0.3) is 11.5 Å². The minimum atomic E-state index is -0.406. The van der Waals surface area contributed by atoms with Gasteiger partial charge in [0.1, 0.15) is 11.5 Å². The lowest BCUT2D eigenvalue weighted by atomic mass is 10.2. The molecule has 0 spiro atoms. The summed E-state index contributed by atoms with van der Waals surface area (Å²) >= 11 is 1.19. The number of benzene rings is 2. The van der Waals surface area contributed by atoms with E-state index in [0.717, 1.165) is 5.69 Å². The van der Waals surface area contributed by atoms with E-state index in [1.807, 2.05) is 30.3 Å². The van der Waals surface area contributed by atoms with Gasteiger partial charge in [-0.25, -0.2) is 0 Å². The summed E-state index contributed by atoms with van der Waals surface area (Å²) in [5.41, 5.74) is 1.39. The number of anilines is 1. The summed E-state index contributed by atoms with van der Waals surface area (Å²) in [7, 11) is 3.14. The topological polar surface area (TPSA) is 86.5 Å². The Bertz CT molecular complexity index is 914. The molecular weight excluding hydrogens is 366 g/mol. The number of carbonyl (C=O) groups is 1. The fourth-order valence-electron chi connectivity index (χ4n) is 2.31. The molecule has 0 saturated heterocycles. The van der Waals surface area contributed by atoms with E-state index < -0.39 is 5.25 Å². The molecule has 140 valence electrons. The highest BCUT2D eigenvalue weighted by Crippen LogP contribution is 2.34. The largest absolute Gasteiger partial charge is 0.497 e. The van der Waals surface area contributed by atoms with E-state index in [1.54, 1.807) is 39.3 Å². The van der Waals surface area contributed by atoms with Crippen LogP contribution in [0.1, 0.15) is 6.92 Å². The van der Waals surface area contributed by atoms with Gasteiger partial charge in [-0.3, -0.25) is 4.79 Å². The van der Waals surface area contributed by atoms with Crippen molar-refractivity contribution in [2.45, 2.75) is 17.4 Å². The van der Waals surface area contributed by atoms with Crippen molar-refractivity contribution in [2.75, 3.05) is 19.5 Å². The quantitative estimate of drug-likeness (QED) is 0.618. The molecule has 0 fully saturated rings. The summed E-state index contributed by atoms with van der Waals surface area (Å²) in [5.74, 6) is 1.39. The van der Waals surface area contributed by atoms with E-state index in [0.29, 0.717) is 28.2 Å². The number of thioether (sulfide) groups is 1. The molecular formula is C19H19N3O4S. The number of methoxy groups -OCH3 is 2. The monoisotopic (exact) mass is 385 g/mol. The number of hydrogen-bond donors (Lipinski definition) is 1. The highest BCUT2D eigenvalue weighted by molar-refractivity contribution is 8.00. The third-order valence-electron chi connectivity index (χ3n) is 3.73. The minimum Gasteiger partial charge on any atom is -0.497 e. The molecule has 3 rings (SSSR count). The second-order valence-electron chi connectivity index (χ2n) is 5.55. The first-order chi connectivity index (χ1) is 13.1. The Hall–Kier alpha value is -3.00. The van der Waals surface area contributed by atoms with Gasteiger partial charge in [0.05, 0.1) is 25.0 Å². The number of aromatic nitrogens is 2. The predicted molar refractivity (Wildman–Crippen MR) is 103 cm³/mol. The number of rotatable bonds is 7. The van der Waals surface area contributed by atoms with Gasteiger partial charge in [-0.1, -0.05) is 30.0 Å². The first-order valence-electron chi connectivity index (χ1n) is 8.19. The molecule has 0 saturated carbocycles. The van der Waals surface area contributed by atoms with E-state index in [2.05, 4.69) is 15.5 Å². The SMILES string of the molecule is COc1ccc(-c2nnc(SC(C)C(=O)Nc3ccccc3)o2)c(OC)c1. The van der Waals surface area contributed by atoms with Gasteiger partial charge in [0, 0.05) is 11.8 Å². The van der Waals surface area contributed by atoms with Crippen LogP contribution >= 0.6 is 11.8 Å². The molecule has 3 aromatic rings. The smallest absolute Gasteiger partial charge is 0.277 e. The Balaban J connectivity index is 1.70. The van der Waals surface area contributed by atoms with E-state index in [1.165, 1.54) is 11.8 Å². The minimum absolute atomic E-state index is 0.145. The molecule has 1 unspecified atom stereocenters. The van der Waals surface area contributed by atoms with Crippen LogP contribution in [-0.4, -0.2) is 35.6 Å². The number of carbonyl (C=O) groups excluding carboxylic acids is 1. The molecule has 0 bridgehead atoms. The first kappa shape index (κ1) is 18.8. The van der Waals surface area contributed by atoms with Crippen LogP contribution < -0.4 is 14.8 Å². The summed E-state index contributed by atoms with van der Waals surface area (Å²) in [4.78, 5) is 12.3. The zero-order chi connectivity index (χ0) is 19.2. The highest BCUT2D eigenvalue weighted by atomic mass is 32.2. The van der Waals surface area contributed by atoms with Crippen molar-refractivity contribution < 1.29 is 18.7 Å². The maximum atomic E-state index is 12.3. The molecule has 1 N–H and O–H groups in total. The van der Waals surface area contributed by atoms with Gasteiger partial charge in [0.25, 0.3) is 11.1 Å². The van der Waals surface area contributed by atoms with Crippen LogP contribution in [0.3, 0.4) is 0 Å². The van der Waals surface area contributed by atoms with Crippen molar-refractivity contribution in [3.63, 3.8) is 0 Å². The van der Waals surface area contributed by atoms with Gasteiger partial charge in [0.2, 0.25) is 5.91 Å². The lowest BCUT2D eigenvalue weighted by Crippen LogP contribution is -2.22. The van der Waals surface area contributed by atoms with E-state index in [-0.39, 0.29) is 5.91 Å². The van der Waals surface area contributed by atoms with Crippen LogP contribution in [0.2, 0.25) is 0 Å². The van der Waals surface area contributed by atoms with Crippen molar-refractivity contribution in [1.29, 1.82) is 0 Å². The fraction of sp³-hybridized carbons (Fsp3) is 0.211. The number of hydrogen-bond acceptors (Lipinski definition) is 7. The van der Waals surface area contributed by atoms with Gasteiger partial charge < -0.3 is 19.2 Å². The molecule has 27 heavy (non-hydrogen) atoms. The van der Waals surface area contributed by atoms with Gasteiger partial charge in [-0.2, -0.15) is 0 Å². The standard InChI is InChI=1S/C19H19N3O4S/c1-12(17(23)20-13-7-5-4-6-8-13)27-19-22-21-18(26-19)15-10-9-14(24-2)11-16(15)25-3/h4-12H,1-3H3,(H,20,23). The van der Waals surface area contributed by atoms with Crippen molar-refractivity contribution in [3.05, 3.63) is 48.5 Å². The number of para-hydroxylation sites is 1. The molecule has 0 aliphatic heterocycles. The zero-order valence-electron chi connectivity index (χ0n) is 15.1. The molecule has 0 aliphatic carbocycles. The average molecular weight is 385 g/mol. The Morgan fingerprint density at radius 2 is 1.89 bits per heavy atom. The molecule has 7 nitrogen and oxygen atoms in total. The number of amides is 1. The lowest BCUT2D eigenvalue weighted by Gasteiger charge is -2.09. The van der Waals surface area contributed by atoms with Crippen molar-refractivity contribution >= 4 is 23.4 Å². The Morgan fingerprint density at radius 1 is 1.11 bits per heavy atom. The van der Waals surface area contributed by atoms with Crippen LogP contribution in [0.15, 0.2) is 58.2 Å². The Kier molecular flexibility index (Phi) is 5.97. The zero-order valence-corrected chi connectivity index (χ0v) is 15.9. The molecule has 2 aromatic carbocycles. The summed E-state index contributed by atoms with van der Waals surface area (Å²) in [6, 6.07) is 14.6. The molecule has 0 aliphatic rings. The Morgan fingerprint density at radius 3 is 2.59 bits per heavy atom. The maximum Gasteiger partial charge on any atom is 0.277 e. The van der Waals surface area contributed by atoms with E-state index in [4.69, 9.17) is 13.9 Å². The van der Waals surface area contributed by atoms with Crippen LogP contribution in [0, 0.1) is 0 Å². The van der Waals surface area contributed by atoms with Crippen molar-refractivity contribution in [2.24, 2.45) is 0 Å². The normalized spacial score (nSPS) is 11.7. The number of nitrogens with zero attached hydrogens (tertiary/aromatic N) is 2. The average Bonchev–Trinajstić information content (AvgIpc) is 3.16. The van der Waals surface area contributed by atoms with Gasteiger partial charge in [-0.05, 0) is 31.2 Å². The second kappa shape index (κ2) is 8.59. The highest BCUT2D eigenvalue weighted by Gasteiger charge is 2.20. The lowest BCUT2D eigenvalue weighted by molar-refractivity contribution is -0.115. The van der Waals surface area contributed by atoms with E-state index in [9.17, 15) is 4.79 Å². The summed E-state index contributed by atoms with van der Waals surface area (Å²) < 4.78 is 16.2. The third kappa shape index (κ3) is 4.59. The maximum absolute atomic E-state index is 12.3. The van der Waals surface area contributed by atoms with Crippen LogP contribution in [0.4, 0.5) is 5.69 Å². The van der Waals surface area contributed by atoms with Crippen LogP contribution in [0.5, 0.6) is 11.5 Å². The molecule has 1 aromatic heterocycles. The van der Waals surface area contributed by atoms with Gasteiger partial charge in [-0.15, -0.1) is 10.2 Å². The molecule has 0 radical (unpaired) electrons. The fourth-order valence-corrected chi connectivity index (χ4v) is 2.99. The Labute approximate surface area is 161 Å². The predicted octanol–water partition coefficient (Wildman–Crippen LogP) is 3.87. The first-order valence-corrected chi connectivity index (χ1v) is 9.07. The van der Waals surface area contributed by atoms with Crippen molar-refractivity contribution in [1.82, 2.24) is 10.2 Å². The van der Waals surface area contributed by atoms with Crippen molar-refractivity contribution in [3.8, 4) is 23.0 Å². The number of ether oxygens (including phenoxy) is 2. The number of nitrogens with one attached hydrogen (secondary N) is 1. The summed E-state index contributed by atoms with van der Waals surface area (Å²) in [6.07, 6.45) is 0. The molecule has 1 atom stereocenters. The molecule has 1 heterocycles. The van der Waals surface area contributed by atoms with Gasteiger partial charge >= 0.3 is 0 Å². The second-order valence-corrected chi connectivity index (χ2v) is 6.85. The van der Waals surface area contributed by atoms with Gasteiger partial charge in [0.15, 0.2) is 0 Å². The molecule has 8 heteroatoms. The van der Waals surface area contributed by atoms with E-state index >= 15 is 0 Å².